The number of rotatable bonds is 3. The van der Waals surface area contributed by atoms with Crippen molar-refractivity contribution in [2.45, 2.75) is 0 Å². The van der Waals surface area contributed by atoms with Gasteiger partial charge in [-0.3, -0.25) is 0 Å². The second-order valence-corrected chi connectivity index (χ2v) is 10.1. The zero-order valence-electron chi connectivity index (χ0n) is 21.6. The number of hydrogen-bond donors (Lipinski definition) is 0. The SMILES string of the molecule is N#Cc1cccc(-c2ccccc2-n2c3ccccc3c3cccc(-n4c5ccccc5c5ccccc54)c32)c1. The van der Waals surface area contributed by atoms with Crippen LogP contribution in [-0.4, -0.2) is 9.13 Å². The molecule has 6 aromatic carbocycles. The Bertz CT molecular complexity index is 2240. The van der Waals surface area contributed by atoms with Gasteiger partial charge in [0, 0.05) is 27.1 Å². The number of para-hydroxylation sites is 5. The Hall–Kier alpha value is -5.59. The molecule has 0 aliphatic heterocycles. The standard InChI is InChI=1S/C37H23N3/c38-24-25-11-9-12-26(23-25)27-13-1-5-18-32(27)40-35-21-8-4-16-30(35)31-17-10-22-36(37(31)40)39-33-19-6-2-14-28(33)29-15-3-7-20-34(29)39/h1-23H. The lowest BCUT2D eigenvalue weighted by Gasteiger charge is -2.17. The van der Waals surface area contributed by atoms with E-state index in [1.54, 1.807) is 0 Å². The summed E-state index contributed by atoms with van der Waals surface area (Å²) in [6.45, 7) is 0. The minimum atomic E-state index is 0.653. The Morgan fingerprint density at radius 3 is 1.68 bits per heavy atom. The molecule has 0 radical (unpaired) electrons. The van der Waals surface area contributed by atoms with Crippen molar-refractivity contribution in [2.24, 2.45) is 0 Å². The minimum Gasteiger partial charge on any atom is -0.307 e. The number of nitriles is 1. The van der Waals surface area contributed by atoms with E-state index in [0.29, 0.717) is 5.56 Å². The molecule has 0 unspecified atom stereocenters. The van der Waals surface area contributed by atoms with E-state index in [4.69, 9.17) is 0 Å². The number of aromatic nitrogens is 2. The monoisotopic (exact) mass is 509 g/mol. The predicted octanol–water partition coefficient (Wildman–Crippen LogP) is 9.42. The van der Waals surface area contributed by atoms with E-state index in [2.05, 4.69) is 137 Å². The molecule has 0 saturated heterocycles. The van der Waals surface area contributed by atoms with E-state index in [0.717, 1.165) is 33.5 Å². The molecular formula is C37H23N3. The molecule has 8 aromatic rings. The highest BCUT2D eigenvalue weighted by Crippen LogP contribution is 2.41. The van der Waals surface area contributed by atoms with E-state index in [-0.39, 0.29) is 0 Å². The molecule has 0 aliphatic rings. The lowest BCUT2D eigenvalue weighted by Crippen LogP contribution is -2.02. The Labute approximate surface area is 231 Å². The molecule has 0 N–H and O–H groups in total. The molecule has 186 valence electrons. The van der Waals surface area contributed by atoms with Gasteiger partial charge in [0.15, 0.2) is 0 Å². The van der Waals surface area contributed by atoms with E-state index in [1.807, 2.05) is 18.2 Å². The Kier molecular flexibility index (Phi) is 4.89. The van der Waals surface area contributed by atoms with Crippen LogP contribution in [0.2, 0.25) is 0 Å². The van der Waals surface area contributed by atoms with Crippen LogP contribution >= 0.6 is 0 Å². The smallest absolute Gasteiger partial charge is 0.0991 e. The van der Waals surface area contributed by atoms with Gasteiger partial charge < -0.3 is 9.13 Å². The molecule has 40 heavy (non-hydrogen) atoms. The fourth-order valence-corrected chi connectivity index (χ4v) is 6.28. The lowest BCUT2D eigenvalue weighted by molar-refractivity contribution is 1.13. The van der Waals surface area contributed by atoms with Crippen LogP contribution in [0.3, 0.4) is 0 Å². The number of benzene rings is 6. The number of fused-ring (bicyclic) bond motifs is 6. The Balaban J connectivity index is 1.55. The first-order valence-corrected chi connectivity index (χ1v) is 13.4. The first-order valence-electron chi connectivity index (χ1n) is 13.4. The average molecular weight is 510 g/mol. The van der Waals surface area contributed by atoms with E-state index >= 15 is 0 Å². The topological polar surface area (TPSA) is 33.6 Å². The summed E-state index contributed by atoms with van der Waals surface area (Å²) < 4.78 is 4.80. The number of hydrogen-bond acceptors (Lipinski definition) is 1. The van der Waals surface area contributed by atoms with Crippen molar-refractivity contribution < 1.29 is 0 Å². The fourth-order valence-electron chi connectivity index (χ4n) is 6.28. The van der Waals surface area contributed by atoms with Gasteiger partial charge in [0.1, 0.15) is 0 Å². The van der Waals surface area contributed by atoms with Crippen molar-refractivity contribution in [3.63, 3.8) is 0 Å². The van der Waals surface area contributed by atoms with Gasteiger partial charge in [-0.2, -0.15) is 5.26 Å². The third-order valence-electron chi connectivity index (χ3n) is 7.94. The van der Waals surface area contributed by atoms with E-state index in [9.17, 15) is 5.26 Å². The second kappa shape index (κ2) is 8.73. The predicted molar refractivity (Wildman–Crippen MR) is 165 cm³/mol. The molecule has 0 saturated carbocycles. The molecule has 0 fully saturated rings. The summed E-state index contributed by atoms with van der Waals surface area (Å²) in [5, 5.41) is 14.5. The first-order chi connectivity index (χ1) is 19.8. The highest BCUT2D eigenvalue weighted by molar-refractivity contribution is 6.15. The van der Waals surface area contributed by atoms with Crippen LogP contribution in [0, 0.1) is 11.3 Å². The van der Waals surface area contributed by atoms with Gasteiger partial charge in [0.05, 0.1) is 45.1 Å². The summed E-state index contributed by atoms with van der Waals surface area (Å²) in [6, 6.07) is 51.2. The quantitative estimate of drug-likeness (QED) is 0.233. The van der Waals surface area contributed by atoms with Crippen molar-refractivity contribution in [2.75, 3.05) is 0 Å². The van der Waals surface area contributed by atoms with E-state index in [1.165, 1.54) is 32.6 Å². The summed E-state index contributed by atoms with van der Waals surface area (Å²) >= 11 is 0. The molecule has 0 aliphatic carbocycles. The van der Waals surface area contributed by atoms with E-state index < -0.39 is 0 Å². The van der Waals surface area contributed by atoms with Crippen molar-refractivity contribution >= 4 is 43.6 Å². The molecular weight excluding hydrogens is 486 g/mol. The van der Waals surface area contributed by atoms with Crippen LogP contribution < -0.4 is 0 Å². The minimum absolute atomic E-state index is 0.653. The lowest BCUT2D eigenvalue weighted by atomic mass is 10.0. The van der Waals surface area contributed by atoms with Gasteiger partial charge in [-0.25, -0.2) is 0 Å². The maximum Gasteiger partial charge on any atom is 0.0991 e. The molecule has 2 aromatic heterocycles. The van der Waals surface area contributed by atoms with Crippen LogP contribution in [0.15, 0.2) is 140 Å². The van der Waals surface area contributed by atoms with Crippen molar-refractivity contribution in [3.8, 4) is 28.6 Å². The zero-order chi connectivity index (χ0) is 26.6. The molecule has 3 nitrogen and oxygen atoms in total. The van der Waals surface area contributed by atoms with Crippen molar-refractivity contribution in [3.05, 3.63) is 145 Å². The van der Waals surface area contributed by atoms with Gasteiger partial charge in [0.2, 0.25) is 0 Å². The second-order valence-electron chi connectivity index (χ2n) is 10.1. The molecule has 0 amide bonds. The molecule has 3 heteroatoms. The largest absolute Gasteiger partial charge is 0.307 e. The fraction of sp³-hybridized carbons (Fsp3) is 0. The van der Waals surface area contributed by atoms with Crippen molar-refractivity contribution in [1.29, 1.82) is 5.26 Å². The summed E-state index contributed by atoms with van der Waals surface area (Å²) in [5.41, 5.74) is 9.64. The molecule has 8 rings (SSSR count). The Morgan fingerprint density at radius 1 is 0.450 bits per heavy atom. The highest BCUT2D eigenvalue weighted by atomic mass is 15.1. The van der Waals surface area contributed by atoms with Crippen LogP contribution in [-0.2, 0) is 0 Å². The van der Waals surface area contributed by atoms with Crippen LogP contribution in [0.25, 0.3) is 66.1 Å². The number of nitrogens with zero attached hydrogens (tertiary/aromatic N) is 3. The summed E-state index contributed by atoms with van der Waals surface area (Å²) in [4.78, 5) is 0. The van der Waals surface area contributed by atoms with Gasteiger partial charge in [-0.15, -0.1) is 0 Å². The van der Waals surface area contributed by atoms with Gasteiger partial charge >= 0.3 is 0 Å². The molecule has 0 spiro atoms. The maximum atomic E-state index is 9.60. The van der Waals surface area contributed by atoms with Crippen molar-refractivity contribution in [1.82, 2.24) is 9.13 Å². The normalized spacial score (nSPS) is 11.5. The van der Waals surface area contributed by atoms with Crippen LogP contribution in [0.1, 0.15) is 5.56 Å². The first kappa shape index (κ1) is 22.4. The molecule has 0 atom stereocenters. The third-order valence-corrected chi connectivity index (χ3v) is 7.94. The summed E-state index contributed by atoms with van der Waals surface area (Å²) in [6.07, 6.45) is 0. The third kappa shape index (κ3) is 3.17. The highest BCUT2D eigenvalue weighted by Gasteiger charge is 2.21. The maximum absolute atomic E-state index is 9.60. The van der Waals surface area contributed by atoms with Crippen LogP contribution in [0.4, 0.5) is 0 Å². The van der Waals surface area contributed by atoms with Gasteiger partial charge in [-0.1, -0.05) is 97.1 Å². The molecule has 0 bridgehead atoms. The molecule has 2 heterocycles. The van der Waals surface area contributed by atoms with Gasteiger partial charge in [-0.05, 0) is 48.0 Å². The average Bonchev–Trinajstić information content (AvgIpc) is 3.54. The van der Waals surface area contributed by atoms with Gasteiger partial charge in [0.25, 0.3) is 0 Å². The summed E-state index contributed by atoms with van der Waals surface area (Å²) in [5.74, 6) is 0. The Morgan fingerprint density at radius 2 is 0.975 bits per heavy atom. The summed E-state index contributed by atoms with van der Waals surface area (Å²) in [7, 11) is 0. The zero-order valence-corrected chi connectivity index (χ0v) is 21.6. The van der Waals surface area contributed by atoms with Crippen LogP contribution in [0.5, 0.6) is 0 Å².